The third-order valence-electron chi connectivity index (χ3n) is 2.84. The zero-order chi connectivity index (χ0) is 11.4. The van der Waals surface area contributed by atoms with Gasteiger partial charge in [0, 0.05) is 12.6 Å². The molecular weight excluding hydrogens is 207 g/mol. The molecule has 2 N–H and O–H groups in total. The fourth-order valence-electron chi connectivity index (χ4n) is 1.94. The summed E-state index contributed by atoms with van der Waals surface area (Å²) in [5, 5.41) is 6.69. The number of benzene rings is 1. The molecule has 0 amide bonds. The van der Waals surface area contributed by atoms with Crippen LogP contribution in [-0.2, 0) is 6.67 Å². The Morgan fingerprint density at radius 1 is 1.56 bits per heavy atom. The first-order valence-corrected chi connectivity index (χ1v) is 5.53. The van der Waals surface area contributed by atoms with Gasteiger partial charge in [-0.1, -0.05) is 6.07 Å². The molecule has 1 unspecified atom stereocenters. The van der Waals surface area contributed by atoms with Gasteiger partial charge in [0.15, 0.2) is 0 Å². The molecule has 1 fully saturated rings. The van der Waals surface area contributed by atoms with Crippen molar-refractivity contribution in [3.63, 3.8) is 0 Å². The van der Waals surface area contributed by atoms with Gasteiger partial charge in [-0.3, -0.25) is 0 Å². The Balaban J connectivity index is 2.12. The first-order valence-electron chi connectivity index (χ1n) is 5.53. The van der Waals surface area contributed by atoms with Gasteiger partial charge in [-0.25, -0.2) is 4.39 Å². The number of halogens is 1. The van der Waals surface area contributed by atoms with Gasteiger partial charge in [0.25, 0.3) is 0 Å². The summed E-state index contributed by atoms with van der Waals surface area (Å²) in [5.41, 5.74) is 1.58. The minimum Gasteiger partial charge on any atom is -0.495 e. The van der Waals surface area contributed by atoms with Crippen LogP contribution in [-0.4, -0.2) is 26.2 Å². The molecule has 2 rings (SSSR count). The van der Waals surface area contributed by atoms with Crippen LogP contribution in [0.4, 0.5) is 10.1 Å². The quantitative estimate of drug-likeness (QED) is 0.820. The molecule has 1 aliphatic heterocycles. The minimum absolute atomic E-state index is 0.435. The largest absolute Gasteiger partial charge is 0.495 e. The van der Waals surface area contributed by atoms with Gasteiger partial charge in [0.1, 0.15) is 12.4 Å². The van der Waals surface area contributed by atoms with Crippen LogP contribution in [0.3, 0.4) is 0 Å². The summed E-state index contributed by atoms with van der Waals surface area (Å²) in [6, 6.07) is 5.84. The van der Waals surface area contributed by atoms with E-state index in [2.05, 4.69) is 10.6 Å². The van der Waals surface area contributed by atoms with E-state index in [1.807, 2.05) is 6.07 Å². The summed E-state index contributed by atoms with van der Waals surface area (Å²) in [4.78, 5) is 0. The van der Waals surface area contributed by atoms with E-state index in [9.17, 15) is 4.39 Å². The molecule has 1 aliphatic rings. The van der Waals surface area contributed by atoms with Gasteiger partial charge >= 0.3 is 0 Å². The molecule has 1 atom stereocenters. The van der Waals surface area contributed by atoms with Crippen LogP contribution in [0.15, 0.2) is 18.2 Å². The molecule has 4 heteroatoms. The first-order chi connectivity index (χ1) is 7.83. The molecule has 0 aliphatic carbocycles. The number of ether oxygens (including phenoxy) is 1. The van der Waals surface area contributed by atoms with Crippen molar-refractivity contribution in [2.75, 3.05) is 25.5 Å². The smallest absolute Gasteiger partial charge is 0.142 e. The van der Waals surface area contributed by atoms with Crippen LogP contribution in [0.25, 0.3) is 0 Å². The molecule has 88 valence electrons. The first kappa shape index (κ1) is 11.2. The van der Waals surface area contributed by atoms with Crippen molar-refractivity contribution in [2.24, 2.45) is 0 Å². The van der Waals surface area contributed by atoms with Crippen molar-refractivity contribution in [2.45, 2.75) is 19.1 Å². The van der Waals surface area contributed by atoms with Gasteiger partial charge in [0.05, 0.1) is 12.8 Å². The Bertz CT molecular complexity index is 351. The number of nitrogens with one attached hydrogen (secondary N) is 2. The van der Waals surface area contributed by atoms with Crippen molar-refractivity contribution in [3.05, 3.63) is 23.8 Å². The zero-order valence-electron chi connectivity index (χ0n) is 9.42. The lowest BCUT2D eigenvalue weighted by Crippen LogP contribution is -2.22. The summed E-state index contributed by atoms with van der Waals surface area (Å²) in [6.45, 7) is 1.55. The van der Waals surface area contributed by atoms with E-state index in [1.165, 1.54) is 0 Å². The lowest BCUT2D eigenvalue weighted by molar-refractivity contribution is 0.413. The maximum Gasteiger partial charge on any atom is 0.142 e. The number of hydrogen-bond acceptors (Lipinski definition) is 3. The molecule has 0 bridgehead atoms. The molecule has 1 saturated heterocycles. The van der Waals surface area contributed by atoms with Crippen molar-refractivity contribution in [3.8, 4) is 5.75 Å². The van der Waals surface area contributed by atoms with Gasteiger partial charge in [0.2, 0.25) is 0 Å². The lowest BCUT2D eigenvalue weighted by atomic mass is 10.1. The van der Waals surface area contributed by atoms with E-state index in [0.29, 0.717) is 17.4 Å². The molecule has 0 spiro atoms. The highest BCUT2D eigenvalue weighted by atomic mass is 19.1. The fraction of sp³-hybridized carbons (Fsp3) is 0.500. The number of rotatable bonds is 4. The average Bonchev–Trinajstić information content (AvgIpc) is 2.82. The molecule has 3 nitrogen and oxygen atoms in total. The van der Waals surface area contributed by atoms with E-state index < -0.39 is 6.67 Å². The Morgan fingerprint density at radius 2 is 2.44 bits per heavy atom. The number of hydrogen-bond donors (Lipinski definition) is 2. The highest BCUT2D eigenvalue weighted by Gasteiger charge is 2.15. The molecule has 0 aromatic heterocycles. The maximum atomic E-state index is 12.5. The van der Waals surface area contributed by atoms with E-state index in [1.54, 1.807) is 19.2 Å². The van der Waals surface area contributed by atoms with Crippen molar-refractivity contribution < 1.29 is 9.13 Å². The second-order valence-corrected chi connectivity index (χ2v) is 4.00. The molecule has 16 heavy (non-hydrogen) atoms. The summed E-state index contributed by atoms with van der Waals surface area (Å²) >= 11 is 0. The van der Waals surface area contributed by atoms with Crippen LogP contribution >= 0.6 is 0 Å². The Hall–Kier alpha value is -1.29. The lowest BCUT2D eigenvalue weighted by Gasteiger charge is -2.16. The van der Waals surface area contributed by atoms with Crippen molar-refractivity contribution in [1.29, 1.82) is 0 Å². The van der Waals surface area contributed by atoms with E-state index in [4.69, 9.17) is 4.74 Å². The fourth-order valence-corrected chi connectivity index (χ4v) is 1.94. The maximum absolute atomic E-state index is 12.5. The highest BCUT2D eigenvalue weighted by molar-refractivity contribution is 5.58. The average molecular weight is 224 g/mol. The molecule has 0 radical (unpaired) electrons. The number of alkyl halides is 1. The molecule has 0 saturated carbocycles. The third kappa shape index (κ3) is 2.44. The van der Waals surface area contributed by atoms with E-state index >= 15 is 0 Å². The Labute approximate surface area is 95.0 Å². The summed E-state index contributed by atoms with van der Waals surface area (Å²) in [6.07, 6.45) is 1.11. The van der Waals surface area contributed by atoms with Crippen LogP contribution < -0.4 is 15.4 Å². The van der Waals surface area contributed by atoms with Crippen LogP contribution in [0, 0.1) is 0 Å². The topological polar surface area (TPSA) is 33.3 Å². The predicted octanol–water partition coefficient (Wildman–Crippen LogP) is 1.94. The SMILES string of the molecule is COc1cc(CF)ccc1NC1CCNC1. The van der Waals surface area contributed by atoms with Crippen LogP contribution in [0.1, 0.15) is 12.0 Å². The second kappa shape index (κ2) is 5.16. The van der Waals surface area contributed by atoms with Crippen molar-refractivity contribution >= 4 is 5.69 Å². The van der Waals surface area contributed by atoms with Crippen LogP contribution in [0.5, 0.6) is 5.75 Å². The predicted molar refractivity (Wildman–Crippen MR) is 62.7 cm³/mol. The summed E-state index contributed by atoms with van der Waals surface area (Å²) in [7, 11) is 1.61. The van der Waals surface area contributed by atoms with Crippen molar-refractivity contribution in [1.82, 2.24) is 5.32 Å². The summed E-state index contributed by atoms with van der Waals surface area (Å²) in [5.74, 6) is 0.710. The molecule has 1 aromatic rings. The van der Waals surface area contributed by atoms with Gasteiger partial charge < -0.3 is 15.4 Å². The normalized spacial score (nSPS) is 19.8. The number of anilines is 1. The molecule has 1 heterocycles. The van der Waals surface area contributed by atoms with E-state index in [0.717, 1.165) is 25.2 Å². The Kier molecular flexibility index (Phi) is 3.62. The standard InChI is InChI=1S/C12H17FN2O/c1-16-12-6-9(7-13)2-3-11(12)15-10-4-5-14-8-10/h2-3,6,10,14-15H,4-5,7-8H2,1H3. The van der Waals surface area contributed by atoms with Gasteiger partial charge in [-0.05, 0) is 30.7 Å². The third-order valence-corrected chi connectivity index (χ3v) is 2.84. The Morgan fingerprint density at radius 3 is 3.06 bits per heavy atom. The minimum atomic E-state index is -0.457. The summed E-state index contributed by atoms with van der Waals surface area (Å²) < 4.78 is 17.7. The van der Waals surface area contributed by atoms with E-state index in [-0.39, 0.29) is 0 Å². The molecule has 1 aromatic carbocycles. The number of methoxy groups -OCH3 is 1. The molecular formula is C12H17FN2O. The van der Waals surface area contributed by atoms with Gasteiger partial charge in [-0.2, -0.15) is 0 Å². The zero-order valence-corrected chi connectivity index (χ0v) is 9.42. The monoisotopic (exact) mass is 224 g/mol. The van der Waals surface area contributed by atoms with Crippen LogP contribution in [0.2, 0.25) is 0 Å². The second-order valence-electron chi connectivity index (χ2n) is 4.00. The van der Waals surface area contributed by atoms with Gasteiger partial charge in [-0.15, -0.1) is 0 Å². The highest BCUT2D eigenvalue weighted by Crippen LogP contribution is 2.27.